The van der Waals surface area contributed by atoms with Crippen LogP contribution >= 0.6 is 0 Å². The maximum absolute atomic E-state index is 10.5. The predicted molar refractivity (Wildman–Crippen MR) is 54.6 cm³/mol. The number of hydrogen-bond acceptors (Lipinski definition) is 2. The van der Waals surface area contributed by atoms with Gasteiger partial charge in [0.1, 0.15) is 11.6 Å². The van der Waals surface area contributed by atoms with Crippen molar-refractivity contribution < 1.29 is 9.90 Å². The van der Waals surface area contributed by atoms with Gasteiger partial charge in [-0.3, -0.25) is 0 Å². The van der Waals surface area contributed by atoms with E-state index in [1.54, 1.807) is 6.07 Å². The molecule has 0 heterocycles. The van der Waals surface area contributed by atoms with Gasteiger partial charge in [-0.25, -0.2) is 4.79 Å². The lowest BCUT2D eigenvalue weighted by Gasteiger charge is -1.98. The molecule has 0 amide bonds. The Balaban J connectivity index is 4.14. The van der Waals surface area contributed by atoms with E-state index in [-0.39, 0.29) is 5.57 Å². The highest BCUT2D eigenvalue weighted by Gasteiger charge is 2.05. The number of nitrogens with zero attached hydrogens (tertiary/aromatic N) is 1. The molecule has 0 saturated carbocycles. The summed E-state index contributed by atoms with van der Waals surface area (Å²) >= 11 is 0. The first-order valence-corrected chi connectivity index (χ1v) is 4.64. The minimum absolute atomic E-state index is 0.244. The van der Waals surface area contributed by atoms with Crippen molar-refractivity contribution in [1.82, 2.24) is 0 Å². The molecule has 0 unspecified atom stereocenters. The van der Waals surface area contributed by atoms with E-state index in [2.05, 4.69) is 13.5 Å². The zero-order valence-corrected chi connectivity index (χ0v) is 8.42. The Hall–Kier alpha value is -1.56. The number of carboxylic acids is 1. The average molecular weight is 193 g/mol. The third kappa shape index (κ3) is 5.15. The zero-order valence-electron chi connectivity index (χ0n) is 8.42. The standard InChI is InChI=1S/C11H15NO2/c1-3-4-5-6-9(2)7-10(8-12)11(13)14/h7H,2-6H2,1H3,(H,13,14)/b10-7+. The fourth-order valence-electron chi connectivity index (χ4n) is 1.02. The summed E-state index contributed by atoms with van der Waals surface area (Å²) in [5.41, 5.74) is 0.462. The molecule has 0 bridgehead atoms. The molecule has 0 atom stereocenters. The largest absolute Gasteiger partial charge is 0.477 e. The van der Waals surface area contributed by atoms with Crippen LogP contribution in [0.1, 0.15) is 32.6 Å². The van der Waals surface area contributed by atoms with E-state index in [1.165, 1.54) is 6.08 Å². The maximum atomic E-state index is 10.5. The number of hydrogen-bond donors (Lipinski definition) is 1. The molecule has 76 valence electrons. The van der Waals surface area contributed by atoms with Crippen molar-refractivity contribution in [2.75, 3.05) is 0 Å². The van der Waals surface area contributed by atoms with Crippen LogP contribution in [0.2, 0.25) is 0 Å². The number of nitriles is 1. The number of unbranched alkanes of at least 4 members (excludes halogenated alkanes) is 2. The predicted octanol–water partition coefficient (Wildman–Crippen LogP) is 2.66. The molecule has 14 heavy (non-hydrogen) atoms. The summed E-state index contributed by atoms with van der Waals surface area (Å²) in [6.07, 6.45) is 5.30. The van der Waals surface area contributed by atoms with Crippen molar-refractivity contribution in [3.8, 4) is 6.07 Å². The van der Waals surface area contributed by atoms with Crippen molar-refractivity contribution in [3.05, 3.63) is 23.8 Å². The molecular weight excluding hydrogens is 178 g/mol. The Morgan fingerprint density at radius 1 is 1.57 bits per heavy atom. The topological polar surface area (TPSA) is 61.1 Å². The number of rotatable bonds is 6. The SMILES string of the molecule is C=C(/C=C(\C#N)C(=O)O)CCCCC. The zero-order chi connectivity index (χ0) is 11.0. The van der Waals surface area contributed by atoms with Gasteiger partial charge in [0.05, 0.1) is 0 Å². The average Bonchev–Trinajstić information content (AvgIpc) is 2.14. The Bertz CT molecular complexity index is 284. The molecule has 0 spiro atoms. The quantitative estimate of drug-likeness (QED) is 0.305. The highest BCUT2D eigenvalue weighted by molar-refractivity contribution is 5.91. The number of carboxylic acid groups (broad SMARTS) is 1. The van der Waals surface area contributed by atoms with Crippen molar-refractivity contribution >= 4 is 5.97 Å². The molecule has 0 aliphatic carbocycles. The first-order chi connectivity index (χ1) is 6.61. The van der Waals surface area contributed by atoms with Gasteiger partial charge >= 0.3 is 5.97 Å². The minimum atomic E-state index is -1.19. The first-order valence-electron chi connectivity index (χ1n) is 4.64. The molecule has 3 nitrogen and oxygen atoms in total. The maximum Gasteiger partial charge on any atom is 0.346 e. The van der Waals surface area contributed by atoms with E-state index in [0.717, 1.165) is 25.7 Å². The summed E-state index contributed by atoms with van der Waals surface area (Å²) in [5, 5.41) is 17.0. The highest BCUT2D eigenvalue weighted by atomic mass is 16.4. The summed E-state index contributed by atoms with van der Waals surface area (Å²) < 4.78 is 0. The summed E-state index contributed by atoms with van der Waals surface area (Å²) in [6, 6.07) is 1.62. The second-order valence-electron chi connectivity index (χ2n) is 3.09. The van der Waals surface area contributed by atoms with Crippen LogP contribution in [-0.4, -0.2) is 11.1 Å². The summed E-state index contributed by atoms with van der Waals surface area (Å²) in [6.45, 7) is 5.80. The normalized spacial score (nSPS) is 10.7. The first kappa shape index (κ1) is 12.4. The smallest absolute Gasteiger partial charge is 0.346 e. The van der Waals surface area contributed by atoms with Gasteiger partial charge in [-0.2, -0.15) is 5.26 Å². The molecular formula is C11H15NO2. The van der Waals surface area contributed by atoms with Gasteiger partial charge in [0.15, 0.2) is 0 Å². The van der Waals surface area contributed by atoms with E-state index in [0.29, 0.717) is 5.57 Å². The van der Waals surface area contributed by atoms with Gasteiger partial charge in [0.2, 0.25) is 0 Å². The monoisotopic (exact) mass is 193 g/mol. The molecule has 0 radical (unpaired) electrons. The fourth-order valence-corrected chi connectivity index (χ4v) is 1.02. The summed E-state index contributed by atoms with van der Waals surface area (Å²) in [5.74, 6) is -1.19. The van der Waals surface area contributed by atoms with Gasteiger partial charge in [-0.05, 0) is 18.9 Å². The molecule has 1 N–H and O–H groups in total. The summed E-state index contributed by atoms with van der Waals surface area (Å²) in [7, 11) is 0. The van der Waals surface area contributed by atoms with Crippen molar-refractivity contribution in [2.45, 2.75) is 32.6 Å². The van der Waals surface area contributed by atoms with Crippen molar-refractivity contribution in [3.63, 3.8) is 0 Å². The van der Waals surface area contributed by atoms with E-state index < -0.39 is 5.97 Å². The van der Waals surface area contributed by atoms with Crippen LogP contribution in [0, 0.1) is 11.3 Å². The van der Waals surface area contributed by atoms with Crippen LogP contribution in [0.25, 0.3) is 0 Å². The van der Waals surface area contributed by atoms with E-state index in [1.807, 2.05) is 0 Å². The second-order valence-corrected chi connectivity index (χ2v) is 3.09. The van der Waals surface area contributed by atoms with Crippen molar-refractivity contribution in [1.29, 1.82) is 5.26 Å². The third-order valence-corrected chi connectivity index (χ3v) is 1.80. The van der Waals surface area contributed by atoms with Crippen LogP contribution in [-0.2, 0) is 4.79 Å². The summed E-state index contributed by atoms with van der Waals surface area (Å²) in [4.78, 5) is 10.5. The van der Waals surface area contributed by atoms with E-state index in [9.17, 15) is 4.79 Å². The second kappa shape index (κ2) is 6.90. The molecule has 0 aromatic rings. The van der Waals surface area contributed by atoms with Gasteiger partial charge in [-0.15, -0.1) is 0 Å². The molecule has 0 fully saturated rings. The lowest BCUT2D eigenvalue weighted by molar-refractivity contribution is -0.132. The van der Waals surface area contributed by atoms with Crippen LogP contribution in [0.5, 0.6) is 0 Å². The van der Waals surface area contributed by atoms with Gasteiger partial charge in [0.25, 0.3) is 0 Å². The van der Waals surface area contributed by atoms with Crippen LogP contribution < -0.4 is 0 Å². The lowest BCUT2D eigenvalue weighted by atomic mass is 10.1. The molecule has 0 aromatic heterocycles. The lowest BCUT2D eigenvalue weighted by Crippen LogP contribution is -1.98. The Labute approximate surface area is 84.4 Å². The molecule has 0 aliphatic heterocycles. The number of aliphatic carboxylic acids is 1. The van der Waals surface area contributed by atoms with E-state index in [4.69, 9.17) is 10.4 Å². The van der Waals surface area contributed by atoms with Crippen LogP contribution in [0.4, 0.5) is 0 Å². The Morgan fingerprint density at radius 3 is 2.64 bits per heavy atom. The number of allylic oxidation sites excluding steroid dienone is 2. The fraction of sp³-hybridized carbons (Fsp3) is 0.455. The Morgan fingerprint density at radius 2 is 2.21 bits per heavy atom. The van der Waals surface area contributed by atoms with Gasteiger partial charge < -0.3 is 5.11 Å². The Kier molecular flexibility index (Phi) is 6.13. The molecule has 0 aromatic carbocycles. The highest BCUT2D eigenvalue weighted by Crippen LogP contribution is 2.10. The minimum Gasteiger partial charge on any atom is -0.477 e. The van der Waals surface area contributed by atoms with Gasteiger partial charge in [-0.1, -0.05) is 31.9 Å². The molecule has 0 rings (SSSR count). The van der Waals surface area contributed by atoms with Crippen LogP contribution in [0.3, 0.4) is 0 Å². The van der Waals surface area contributed by atoms with Gasteiger partial charge in [0, 0.05) is 0 Å². The molecule has 0 saturated heterocycles. The van der Waals surface area contributed by atoms with E-state index >= 15 is 0 Å². The molecule has 0 aliphatic rings. The van der Waals surface area contributed by atoms with Crippen LogP contribution in [0.15, 0.2) is 23.8 Å². The molecule has 3 heteroatoms. The van der Waals surface area contributed by atoms with Crippen molar-refractivity contribution in [2.24, 2.45) is 0 Å². The number of carbonyl (C=O) groups is 1. The third-order valence-electron chi connectivity index (χ3n) is 1.80.